The Morgan fingerprint density at radius 1 is 1.10 bits per heavy atom. The third-order valence-electron chi connectivity index (χ3n) is 6.03. The van der Waals surface area contributed by atoms with Gasteiger partial charge in [0.05, 0.1) is 16.8 Å². The molecule has 1 aromatic carbocycles. The molecule has 30 heavy (non-hydrogen) atoms. The number of benzene rings is 1. The van der Waals surface area contributed by atoms with Gasteiger partial charge in [-0.15, -0.1) is 0 Å². The first-order valence-electron chi connectivity index (χ1n) is 10.5. The number of likely N-dealkylation sites (N-methyl/N-ethyl adjacent to an activating group) is 1. The molecule has 2 aliphatic rings. The molecule has 2 saturated heterocycles. The minimum atomic E-state index is -3.66. The van der Waals surface area contributed by atoms with Crippen molar-refractivity contribution in [3.8, 4) is 0 Å². The fourth-order valence-electron chi connectivity index (χ4n) is 4.28. The maximum absolute atomic E-state index is 13.3. The highest BCUT2D eigenvalue weighted by Gasteiger charge is 2.42. The molecule has 3 rings (SSSR count). The van der Waals surface area contributed by atoms with Crippen molar-refractivity contribution in [3.05, 3.63) is 35.9 Å². The van der Waals surface area contributed by atoms with Crippen LogP contribution in [0, 0.1) is 0 Å². The van der Waals surface area contributed by atoms with Crippen LogP contribution in [0.15, 0.2) is 30.3 Å². The molecule has 168 valence electrons. The summed E-state index contributed by atoms with van der Waals surface area (Å²) in [6.07, 6.45) is 0.165. The van der Waals surface area contributed by atoms with Crippen LogP contribution in [0.3, 0.4) is 0 Å². The summed E-state index contributed by atoms with van der Waals surface area (Å²) in [7, 11) is -6.93. The van der Waals surface area contributed by atoms with Gasteiger partial charge in [0.25, 0.3) is 0 Å². The third-order valence-corrected chi connectivity index (χ3v) is 10.3. The highest BCUT2D eigenvalue weighted by atomic mass is 32.2. The Hall–Kier alpha value is -1.49. The number of sulfone groups is 1. The Morgan fingerprint density at radius 2 is 1.70 bits per heavy atom. The number of hydrogen-bond donors (Lipinski definition) is 0. The van der Waals surface area contributed by atoms with Gasteiger partial charge in [-0.25, -0.2) is 16.8 Å². The maximum atomic E-state index is 13.3. The molecule has 2 fully saturated rings. The standard InChI is InChI=1S/C20H31N3O5S2/c1-3-21(4-2)20(24)19(17-8-6-5-7-9-17)22-11-13-23(14-12-22)30(27,28)18-10-15-29(25,26)16-18/h5-9,18-19H,3-4,10-16H2,1-2H3/t18-,19-/m0/s1. The molecule has 2 atom stereocenters. The Balaban J connectivity index is 1.75. The predicted octanol–water partition coefficient (Wildman–Crippen LogP) is 0.731. The quantitative estimate of drug-likeness (QED) is 0.599. The van der Waals surface area contributed by atoms with Crippen LogP contribution in [0.1, 0.15) is 31.9 Å². The van der Waals surface area contributed by atoms with Gasteiger partial charge in [0.15, 0.2) is 9.84 Å². The first-order valence-corrected chi connectivity index (χ1v) is 13.8. The number of hydrogen-bond acceptors (Lipinski definition) is 6. The summed E-state index contributed by atoms with van der Waals surface area (Å²) < 4.78 is 50.7. The number of amides is 1. The first-order chi connectivity index (χ1) is 14.2. The van der Waals surface area contributed by atoms with E-state index >= 15 is 0 Å². The molecule has 2 heterocycles. The topological polar surface area (TPSA) is 95.1 Å². The Kier molecular flexibility index (Phi) is 7.21. The van der Waals surface area contributed by atoms with Crippen molar-refractivity contribution in [3.63, 3.8) is 0 Å². The highest BCUT2D eigenvalue weighted by molar-refractivity contribution is 7.95. The lowest BCUT2D eigenvalue weighted by molar-refractivity contribution is -0.137. The zero-order valence-electron chi connectivity index (χ0n) is 17.6. The number of rotatable bonds is 7. The molecule has 0 unspecified atom stereocenters. The van der Waals surface area contributed by atoms with E-state index in [4.69, 9.17) is 0 Å². The van der Waals surface area contributed by atoms with Gasteiger partial charge in [-0.05, 0) is 25.8 Å². The van der Waals surface area contributed by atoms with Gasteiger partial charge in [-0.1, -0.05) is 30.3 Å². The Bertz CT molecular complexity index is 938. The number of sulfonamides is 1. The normalized spacial score (nSPS) is 23.9. The van der Waals surface area contributed by atoms with Crippen molar-refractivity contribution in [2.24, 2.45) is 0 Å². The second kappa shape index (κ2) is 9.33. The van der Waals surface area contributed by atoms with E-state index < -0.39 is 31.2 Å². The molecule has 2 aliphatic heterocycles. The fraction of sp³-hybridized carbons (Fsp3) is 0.650. The Morgan fingerprint density at radius 3 is 2.20 bits per heavy atom. The summed E-state index contributed by atoms with van der Waals surface area (Å²) >= 11 is 0. The summed E-state index contributed by atoms with van der Waals surface area (Å²) in [5, 5.41) is -0.851. The fourth-order valence-corrected chi connectivity index (χ4v) is 8.79. The summed E-state index contributed by atoms with van der Waals surface area (Å²) in [6.45, 7) is 6.48. The Labute approximate surface area is 179 Å². The van der Waals surface area contributed by atoms with Crippen LogP contribution in [0.25, 0.3) is 0 Å². The molecule has 0 spiro atoms. The molecular weight excluding hydrogens is 426 g/mol. The molecule has 0 aromatic heterocycles. The van der Waals surface area contributed by atoms with Crippen LogP contribution in [0.5, 0.6) is 0 Å². The van der Waals surface area contributed by atoms with Crippen molar-refractivity contribution < 1.29 is 21.6 Å². The van der Waals surface area contributed by atoms with Crippen molar-refractivity contribution in [2.45, 2.75) is 31.6 Å². The monoisotopic (exact) mass is 457 g/mol. The van der Waals surface area contributed by atoms with Crippen LogP contribution in [-0.4, -0.2) is 92.9 Å². The van der Waals surface area contributed by atoms with E-state index in [1.807, 2.05) is 49.1 Å². The van der Waals surface area contributed by atoms with Crippen molar-refractivity contribution >= 4 is 25.8 Å². The number of carbonyl (C=O) groups excluding carboxylic acids is 1. The van der Waals surface area contributed by atoms with Crippen LogP contribution >= 0.6 is 0 Å². The molecule has 1 amide bonds. The van der Waals surface area contributed by atoms with Crippen LogP contribution in [0.2, 0.25) is 0 Å². The molecule has 0 saturated carbocycles. The van der Waals surface area contributed by atoms with E-state index in [0.717, 1.165) is 5.56 Å². The van der Waals surface area contributed by atoms with E-state index in [1.54, 1.807) is 4.90 Å². The smallest absolute Gasteiger partial charge is 0.244 e. The number of piperazine rings is 1. The maximum Gasteiger partial charge on any atom is 0.244 e. The van der Waals surface area contributed by atoms with Gasteiger partial charge in [0, 0.05) is 39.3 Å². The SMILES string of the molecule is CCN(CC)C(=O)[C@H](c1ccccc1)N1CCN(S(=O)(=O)[C@H]2CCS(=O)(=O)C2)CC1. The molecule has 0 radical (unpaired) electrons. The minimum Gasteiger partial charge on any atom is -0.342 e. The predicted molar refractivity (Wildman–Crippen MR) is 116 cm³/mol. The summed E-state index contributed by atoms with van der Waals surface area (Å²) in [4.78, 5) is 17.1. The summed E-state index contributed by atoms with van der Waals surface area (Å²) in [6, 6.07) is 9.11. The number of carbonyl (C=O) groups is 1. The van der Waals surface area contributed by atoms with Gasteiger partial charge in [-0.2, -0.15) is 4.31 Å². The summed E-state index contributed by atoms with van der Waals surface area (Å²) in [5.74, 6) is -0.335. The van der Waals surface area contributed by atoms with Crippen molar-refractivity contribution in [1.82, 2.24) is 14.1 Å². The van der Waals surface area contributed by atoms with Gasteiger partial charge < -0.3 is 4.90 Å². The average Bonchev–Trinajstić information content (AvgIpc) is 3.11. The lowest BCUT2D eigenvalue weighted by Crippen LogP contribution is -2.54. The van der Waals surface area contributed by atoms with Crippen LogP contribution in [0.4, 0.5) is 0 Å². The minimum absolute atomic E-state index is 0.0180. The molecule has 0 N–H and O–H groups in total. The molecule has 8 nitrogen and oxygen atoms in total. The van der Waals surface area contributed by atoms with Gasteiger partial charge in [0.2, 0.25) is 15.9 Å². The van der Waals surface area contributed by atoms with Gasteiger partial charge in [-0.3, -0.25) is 9.69 Å². The largest absolute Gasteiger partial charge is 0.342 e. The molecule has 10 heteroatoms. The van der Waals surface area contributed by atoms with Gasteiger partial charge >= 0.3 is 0 Å². The van der Waals surface area contributed by atoms with E-state index in [-0.39, 0.29) is 36.9 Å². The molecule has 1 aromatic rings. The zero-order chi connectivity index (χ0) is 21.9. The average molecular weight is 458 g/mol. The first kappa shape index (κ1) is 23.2. The van der Waals surface area contributed by atoms with E-state index in [2.05, 4.69) is 0 Å². The van der Waals surface area contributed by atoms with Crippen molar-refractivity contribution in [1.29, 1.82) is 0 Å². The molecule has 0 aliphatic carbocycles. The summed E-state index contributed by atoms with van der Waals surface area (Å²) in [5.41, 5.74) is 0.896. The van der Waals surface area contributed by atoms with Crippen molar-refractivity contribution in [2.75, 3.05) is 50.8 Å². The lowest BCUT2D eigenvalue weighted by atomic mass is 10.0. The lowest BCUT2D eigenvalue weighted by Gasteiger charge is -2.40. The van der Waals surface area contributed by atoms with Crippen LogP contribution in [-0.2, 0) is 24.7 Å². The van der Waals surface area contributed by atoms with E-state index in [1.165, 1.54) is 4.31 Å². The van der Waals surface area contributed by atoms with Crippen LogP contribution < -0.4 is 0 Å². The van der Waals surface area contributed by atoms with Gasteiger partial charge in [0.1, 0.15) is 6.04 Å². The van der Waals surface area contributed by atoms with E-state index in [9.17, 15) is 21.6 Å². The second-order valence-corrected chi connectivity index (χ2v) is 12.3. The zero-order valence-corrected chi connectivity index (χ0v) is 19.2. The third kappa shape index (κ3) is 4.87. The molecular formula is C20H31N3O5S2. The molecule has 0 bridgehead atoms. The van der Waals surface area contributed by atoms with E-state index in [0.29, 0.717) is 26.2 Å². The highest BCUT2D eigenvalue weighted by Crippen LogP contribution is 2.27. The second-order valence-electron chi connectivity index (χ2n) is 7.83. The number of nitrogens with zero attached hydrogens (tertiary/aromatic N) is 3.